The molecule has 0 spiro atoms. The van der Waals surface area contributed by atoms with Crippen molar-refractivity contribution in [2.24, 2.45) is 0 Å². The summed E-state index contributed by atoms with van der Waals surface area (Å²) in [6.07, 6.45) is -4.48. The van der Waals surface area contributed by atoms with E-state index >= 15 is 0 Å². The van der Waals surface area contributed by atoms with E-state index in [2.05, 4.69) is 4.98 Å². The molecular formula is C14H11ClF3NO3. The second kappa shape index (κ2) is 6.39. The Hall–Kier alpha value is -2.02. The van der Waals surface area contributed by atoms with E-state index in [1.807, 2.05) is 0 Å². The molecule has 0 saturated carbocycles. The molecule has 2 aromatic rings. The third-order valence-electron chi connectivity index (χ3n) is 2.76. The number of rotatable bonds is 4. The lowest BCUT2D eigenvalue weighted by Crippen LogP contribution is -2.08. The summed E-state index contributed by atoms with van der Waals surface area (Å²) in [6.45, 7) is 1.74. The van der Waals surface area contributed by atoms with Gasteiger partial charge in [-0.3, -0.25) is 0 Å². The number of aromatic nitrogens is 1. The van der Waals surface area contributed by atoms with E-state index < -0.39 is 17.7 Å². The van der Waals surface area contributed by atoms with Crippen molar-refractivity contribution in [1.82, 2.24) is 4.98 Å². The highest BCUT2D eigenvalue weighted by atomic mass is 35.5. The number of alkyl halides is 3. The van der Waals surface area contributed by atoms with Crippen LogP contribution in [0.2, 0.25) is 5.35 Å². The quantitative estimate of drug-likeness (QED) is 0.790. The fourth-order valence-corrected chi connectivity index (χ4v) is 2.03. The van der Waals surface area contributed by atoms with Crippen LogP contribution in [0.25, 0.3) is 0 Å². The molecule has 2 rings (SSSR count). The molecule has 0 saturated heterocycles. The smallest absolute Gasteiger partial charge is 0.416 e. The van der Waals surface area contributed by atoms with Crippen molar-refractivity contribution in [3.63, 3.8) is 0 Å². The van der Waals surface area contributed by atoms with Crippen LogP contribution >= 0.6 is 11.6 Å². The monoisotopic (exact) mass is 333 g/mol. The molecule has 0 unspecified atom stereocenters. The number of carbonyl (C=O) groups excluding carboxylic acids is 1. The Morgan fingerprint density at radius 2 is 2.14 bits per heavy atom. The average Bonchev–Trinajstić information content (AvgIpc) is 2.79. The molecule has 4 nitrogen and oxygen atoms in total. The minimum absolute atomic E-state index is 0.0334. The standard InChI is InChI=1S/C14H11ClF3NO3/c1-2-21-12(20)11-10(19-13(15)22-11)7-8-4-3-5-9(6-8)14(16,17)18/h3-6H,2,7H2,1H3. The first-order chi connectivity index (χ1) is 10.3. The Bertz CT molecular complexity index is 682. The molecule has 0 fully saturated rings. The summed E-state index contributed by atoms with van der Waals surface area (Å²) in [5.74, 6) is -0.965. The Morgan fingerprint density at radius 3 is 2.77 bits per heavy atom. The average molecular weight is 334 g/mol. The van der Waals surface area contributed by atoms with E-state index in [9.17, 15) is 18.0 Å². The van der Waals surface area contributed by atoms with Gasteiger partial charge in [-0.15, -0.1) is 0 Å². The molecule has 0 radical (unpaired) electrons. The van der Waals surface area contributed by atoms with Crippen LogP contribution in [0.3, 0.4) is 0 Å². The van der Waals surface area contributed by atoms with Crippen LogP contribution < -0.4 is 0 Å². The van der Waals surface area contributed by atoms with E-state index in [4.69, 9.17) is 20.8 Å². The molecule has 0 aliphatic rings. The maximum atomic E-state index is 12.7. The van der Waals surface area contributed by atoms with E-state index in [1.165, 1.54) is 12.1 Å². The molecule has 0 atom stereocenters. The summed E-state index contributed by atoms with van der Waals surface area (Å²) in [5, 5.41) is -0.273. The summed E-state index contributed by atoms with van der Waals surface area (Å²) in [4.78, 5) is 15.5. The molecule has 1 aromatic carbocycles. The van der Waals surface area contributed by atoms with Gasteiger partial charge in [0.05, 0.1) is 12.2 Å². The van der Waals surface area contributed by atoms with Crippen LogP contribution in [-0.2, 0) is 17.3 Å². The first-order valence-corrected chi connectivity index (χ1v) is 6.67. The summed E-state index contributed by atoms with van der Waals surface area (Å²) in [5.41, 5.74) is -0.328. The SMILES string of the molecule is CCOC(=O)c1oc(Cl)nc1Cc1cccc(C(F)(F)F)c1. The summed E-state index contributed by atoms with van der Waals surface area (Å²) in [6, 6.07) is 4.72. The van der Waals surface area contributed by atoms with E-state index in [0.717, 1.165) is 12.1 Å². The second-order valence-electron chi connectivity index (χ2n) is 4.34. The van der Waals surface area contributed by atoms with Crippen LogP contribution in [0.4, 0.5) is 13.2 Å². The second-order valence-corrected chi connectivity index (χ2v) is 4.66. The Morgan fingerprint density at radius 1 is 1.41 bits per heavy atom. The van der Waals surface area contributed by atoms with Gasteiger partial charge in [0, 0.05) is 6.42 Å². The highest BCUT2D eigenvalue weighted by Crippen LogP contribution is 2.30. The number of halogens is 4. The zero-order valence-electron chi connectivity index (χ0n) is 11.4. The van der Waals surface area contributed by atoms with Crippen molar-refractivity contribution < 1.29 is 27.1 Å². The van der Waals surface area contributed by atoms with Gasteiger partial charge in [-0.2, -0.15) is 13.2 Å². The van der Waals surface area contributed by atoms with Gasteiger partial charge in [0.15, 0.2) is 0 Å². The first kappa shape index (κ1) is 16.4. The normalized spacial score (nSPS) is 11.5. The van der Waals surface area contributed by atoms with Gasteiger partial charge < -0.3 is 9.15 Å². The Kier molecular flexibility index (Phi) is 4.75. The number of oxazole rings is 1. The van der Waals surface area contributed by atoms with Gasteiger partial charge in [0.1, 0.15) is 5.69 Å². The molecule has 0 N–H and O–H groups in total. The topological polar surface area (TPSA) is 52.3 Å². The zero-order chi connectivity index (χ0) is 16.3. The van der Waals surface area contributed by atoms with Gasteiger partial charge in [-0.05, 0) is 30.2 Å². The van der Waals surface area contributed by atoms with Crippen LogP contribution in [0.5, 0.6) is 0 Å². The molecule has 22 heavy (non-hydrogen) atoms. The van der Waals surface area contributed by atoms with Gasteiger partial charge in [-0.25, -0.2) is 9.78 Å². The molecule has 8 heteroatoms. The molecule has 0 aliphatic carbocycles. The van der Waals surface area contributed by atoms with Crippen LogP contribution in [0.15, 0.2) is 28.7 Å². The highest BCUT2D eigenvalue weighted by Gasteiger charge is 2.30. The summed E-state index contributed by atoms with van der Waals surface area (Å²) in [7, 11) is 0. The number of hydrogen-bond acceptors (Lipinski definition) is 4. The molecular weight excluding hydrogens is 323 g/mol. The van der Waals surface area contributed by atoms with Crippen molar-refractivity contribution in [2.75, 3.05) is 6.61 Å². The lowest BCUT2D eigenvalue weighted by Gasteiger charge is -2.08. The Labute approximate surface area is 128 Å². The number of hydrogen-bond donors (Lipinski definition) is 0. The van der Waals surface area contributed by atoms with Gasteiger partial charge in [0.25, 0.3) is 5.35 Å². The molecule has 0 aliphatic heterocycles. The molecule has 1 heterocycles. The summed E-state index contributed by atoms with van der Waals surface area (Å²) >= 11 is 5.61. The fourth-order valence-electron chi connectivity index (χ4n) is 1.85. The molecule has 0 amide bonds. The fraction of sp³-hybridized carbons (Fsp3) is 0.286. The summed E-state index contributed by atoms with van der Waals surface area (Å²) < 4.78 is 47.8. The maximum Gasteiger partial charge on any atom is 0.416 e. The largest absolute Gasteiger partial charge is 0.460 e. The third-order valence-corrected chi connectivity index (χ3v) is 2.92. The lowest BCUT2D eigenvalue weighted by molar-refractivity contribution is -0.137. The van der Waals surface area contributed by atoms with E-state index in [-0.39, 0.29) is 29.8 Å². The van der Waals surface area contributed by atoms with Gasteiger partial charge in [-0.1, -0.05) is 18.2 Å². The minimum Gasteiger partial charge on any atom is -0.460 e. The molecule has 118 valence electrons. The van der Waals surface area contributed by atoms with Gasteiger partial charge in [0.2, 0.25) is 5.76 Å². The third kappa shape index (κ3) is 3.79. The Balaban J connectivity index is 2.30. The zero-order valence-corrected chi connectivity index (χ0v) is 12.2. The highest BCUT2D eigenvalue weighted by molar-refractivity contribution is 6.27. The van der Waals surface area contributed by atoms with E-state index in [0.29, 0.717) is 5.56 Å². The lowest BCUT2D eigenvalue weighted by atomic mass is 10.1. The minimum atomic E-state index is -4.44. The van der Waals surface area contributed by atoms with Crippen molar-refractivity contribution in [2.45, 2.75) is 19.5 Å². The van der Waals surface area contributed by atoms with Crippen molar-refractivity contribution in [3.8, 4) is 0 Å². The van der Waals surface area contributed by atoms with Gasteiger partial charge >= 0.3 is 12.1 Å². The van der Waals surface area contributed by atoms with Crippen molar-refractivity contribution >= 4 is 17.6 Å². The predicted molar refractivity (Wildman–Crippen MR) is 71.7 cm³/mol. The predicted octanol–water partition coefficient (Wildman–Crippen LogP) is 4.11. The molecule has 0 bridgehead atoms. The first-order valence-electron chi connectivity index (χ1n) is 6.29. The van der Waals surface area contributed by atoms with Crippen LogP contribution in [0, 0.1) is 0 Å². The number of ether oxygens (including phenoxy) is 1. The maximum absolute atomic E-state index is 12.7. The number of esters is 1. The van der Waals surface area contributed by atoms with Crippen LogP contribution in [-0.4, -0.2) is 17.6 Å². The number of nitrogens with zero attached hydrogens (tertiary/aromatic N) is 1. The number of carbonyl (C=O) groups is 1. The molecule has 1 aromatic heterocycles. The van der Waals surface area contributed by atoms with Crippen molar-refractivity contribution in [1.29, 1.82) is 0 Å². The van der Waals surface area contributed by atoms with Crippen molar-refractivity contribution in [3.05, 3.63) is 52.2 Å². The van der Waals surface area contributed by atoms with Crippen LogP contribution in [0.1, 0.15) is 34.3 Å². The number of benzene rings is 1. The van der Waals surface area contributed by atoms with E-state index in [1.54, 1.807) is 6.92 Å².